The minimum absolute atomic E-state index is 0.0621. The molecule has 0 N–H and O–H groups in total. The van der Waals surface area contributed by atoms with Gasteiger partial charge in [-0.2, -0.15) is 0 Å². The molecule has 0 radical (unpaired) electrons. The molecular weight excluding hydrogens is 448 g/mol. The van der Waals surface area contributed by atoms with Crippen molar-refractivity contribution in [3.63, 3.8) is 0 Å². The van der Waals surface area contributed by atoms with Crippen molar-refractivity contribution in [2.45, 2.75) is 36.6 Å². The van der Waals surface area contributed by atoms with E-state index in [-0.39, 0.29) is 22.4 Å². The average Bonchev–Trinajstić information content (AvgIpc) is 3.32. The van der Waals surface area contributed by atoms with Crippen molar-refractivity contribution in [2.75, 3.05) is 25.0 Å². The van der Waals surface area contributed by atoms with E-state index < -0.39 is 10.0 Å². The van der Waals surface area contributed by atoms with Crippen LogP contribution in [0.1, 0.15) is 45.9 Å². The van der Waals surface area contributed by atoms with Crippen molar-refractivity contribution in [1.82, 2.24) is 4.90 Å². The molecule has 1 aliphatic heterocycles. The lowest BCUT2D eigenvalue weighted by atomic mass is 9.87. The molecule has 6 nitrogen and oxygen atoms in total. The second kappa shape index (κ2) is 8.80. The lowest BCUT2D eigenvalue weighted by Gasteiger charge is -2.33. The van der Waals surface area contributed by atoms with Gasteiger partial charge < -0.3 is 9.64 Å². The summed E-state index contributed by atoms with van der Waals surface area (Å²) in [5.74, 6) is 0.110. The zero-order valence-corrected chi connectivity index (χ0v) is 20.2. The summed E-state index contributed by atoms with van der Waals surface area (Å²) in [5.41, 5.74) is 4.37. The van der Waals surface area contributed by atoms with E-state index in [9.17, 15) is 13.2 Å². The molecule has 0 fully saturated rings. The first-order valence-corrected chi connectivity index (χ1v) is 13.0. The van der Waals surface area contributed by atoms with Crippen molar-refractivity contribution in [3.05, 3.63) is 89.0 Å². The molecule has 1 atom stereocenters. The highest BCUT2D eigenvalue weighted by Gasteiger charge is 2.33. The molecule has 1 amide bonds. The summed E-state index contributed by atoms with van der Waals surface area (Å²) in [4.78, 5) is 15.5. The first-order valence-electron chi connectivity index (χ1n) is 11.6. The number of para-hydroxylation sites is 1. The summed E-state index contributed by atoms with van der Waals surface area (Å²) in [7, 11) is -0.548. The van der Waals surface area contributed by atoms with E-state index in [2.05, 4.69) is 12.1 Å². The second-order valence-electron chi connectivity index (χ2n) is 8.84. The zero-order chi connectivity index (χ0) is 23.9. The number of ether oxygens (including phenoxy) is 1. The fourth-order valence-corrected chi connectivity index (χ4v) is 6.69. The minimum atomic E-state index is -3.83. The van der Waals surface area contributed by atoms with Crippen LogP contribution in [-0.4, -0.2) is 39.9 Å². The largest absolute Gasteiger partial charge is 0.496 e. The Morgan fingerprint density at radius 1 is 1.00 bits per heavy atom. The summed E-state index contributed by atoms with van der Waals surface area (Å²) >= 11 is 0. The van der Waals surface area contributed by atoms with Crippen molar-refractivity contribution in [1.29, 1.82) is 0 Å². The van der Waals surface area contributed by atoms with Crippen LogP contribution in [0.5, 0.6) is 5.75 Å². The van der Waals surface area contributed by atoms with Gasteiger partial charge >= 0.3 is 0 Å². The SMILES string of the molecule is COc1ccc(S(=O)(=O)N2CCc3ccccc32)cc1C(=O)N(C)C1CCCc2ccccc21. The number of sulfonamides is 1. The van der Waals surface area contributed by atoms with Gasteiger partial charge in [-0.1, -0.05) is 42.5 Å². The highest BCUT2D eigenvalue weighted by molar-refractivity contribution is 7.92. The second-order valence-corrected chi connectivity index (χ2v) is 10.7. The third kappa shape index (κ3) is 3.74. The van der Waals surface area contributed by atoms with Crippen LogP contribution < -0.4 is 9.04 Å². The van der Waals surface area contributed by atoms with Crippen molar-refractivity contribution in [2.24, 2.45) is 0 Å². The van der Waals surface area contributed by atoms with E-state index in [0.29, 0.717) is 24.4 Å². The predicted molar refractivity (Wildman–Crippen MR) is 132 cm³/mol. The Morgan fingerprint density at radius 3 is 2.53 bits per heavy atom. The molecule has 0 spiro atoms. The third-order valence-corrected chi connectivity index (χ3v) is 8.77. The van der Waals surface area contributed by atoms with E-state index in [1.54, 1.807) is 18.0 Å². The Labute approximate surface area is 200 Å². The highest BCUT2D eigenvalue weighted by atomic mass is 32.2. The smallest absolute Gasteiger partial charge is 0.264 e. The van der Waals surface area contributed by atoms with Gasteiger partial charge in [0.05, 0.1) is 29.3 Å². The van der Waals surface area contributed by atoms with E-state index >= 15 is 0 Å². The number of fused-ring (bicyclic) bond motifs is 2. The van der Waals surface area contributed by atoms with Crippen molar-refractivity contribution in [3.8, 4) is 5.75 Å². The van der Waals surface area contributed by atoms with Gasteiger partial charge in [-0.25, -0.2) is 8.42 Å². The van der Waals surface area contributed by atoms with Crippen LogP contribution in [0, 0.1) is 0 Å². The third-order valence-electron chi connectivity index (χ3n) is 6.96. The first-order chi connectivity index (χ1) is 16.4. The number of aryl methyl sites for hydroxylation is 1. The number of carbonyl (C=O) groups excluding carboxylic acids is 1. The molecule has 1 aliphatic carbocycles. The average molecular weight is 477 g/mol. The standard InChI is InChI=1S/C27H28N2O4S/c1-28(25-13-7-10-19-8-3-5-11-22(19)25)27(30)23-18-21(14-15-26(23)33-2)34(31,32)29-17-16-20-9-4-6-12-24(20)29/h3-6,8-9,11-12,14-15,18,25H,7,10,13,16-17H2,1-2H3. The molecule has 0 saturated heterocycles. The number of carbonyl (C=O) groups is 1. The van der Waals surface area contributed by atoms with E-state index in [0.717, 1.165) is 30.4 Å². The maximum atomic E-state index is 13.7. The number of benzene rings is 3. The predicted octanol–water partition coefficient (Wildman–Crippen LogP) is 4.60. The van der Waals surface area contributed by atoms with Crippen LogP contribution in [0.15, 0.2) is 71.6 Å². The minimum Gasteiger partial charge on any atom is -0.496 e. The lowest BCUT2D eigenvalue weighted by molar-refractivity contribution is 0.0711. The summed E-state index contributed by atoms with van der Waals surface area (Å²) in [6.45, 7) is 0.385. The Balaban J connectivity index is 1.50. The normalized spacial score (nSPS) is 17.1. The molecular formula is C27H28N2O4S. The van der Waals surface area contributed by atoms with Crippen molar-refractivity contribution >= 4 is 21.6 Å². The quantitative estimate of drug-likeness (QED) is 0.540. The number of methoxy groups -OCH3 is 1. The van der Waals surface area contributed by atoms with E-state index in [4.69, 9.17) is 4.74 Å². The van der Waals surface area contributed by atoms with Crippen LogP contribution >= 0.6 is 0 Å². The van der Waals surface area contributed by atoms with Crippen LogP contribution in [-0.2, 0) is 22.9 Å². The maximum Gasteiger partial charge on any atom is 0.264 e. The molecule has 1 unspecified atom stereocenters. The molecule has 176 valence electrons. The van der Waals surface area contributed by atoms with Gasteiger partial charge in [0, 0.05) is 13.6 Å². The molecule has 7 heteroatoms. The number of nitrogens with zero attached hydrogens (tertiary/aromatic N) is 2. The van der Waals surface area contributed by atoms with Gasteiger partial charge in [0.1, 0.15) is 5.75 Å². The Morgan fingerprint density at radius 2 is 1.74 bits per heavy atom. The number of hydrogen-bond acceptors (Lipinski definition) is 4. The van der Waals surface area contributed by atoms with Crippen LogP contribution in [0.25, 0.3) is 0 Å². The van der Waals surface area contributed by atoms with Gasteiger partial charge in [0.25, 0.3) is 15.9 Å². The van der Waals surface area contributed by atoms with Crippen LogP contribution in [0.4, 0.5) is 5.69 Å². The lowest BCUT2D eigenvalue weighted by Crippen LogP contribution is -2.34. The van der Waals surface area contributed by atoms with Crippen LogP contribution in [0.3, 0.4) is 0 Å². The fraction of sp³-hybridized carbons (Fsp3) is 0.296. The van der Waals surface area contributed by atoms with Gasteiger partial charge in [0.2, 0.25) is 0 Å². The summed E-state index contributed by atoms with van der Waals surface area (Å²) in [5, 5.41) is 0. The maximum absolute atomic E-state index is 13.7. The molecule has 5 rings (SSSR count). The molecule has 0 bridgehead atoms. The highest BCUT2D eigenvalue weighted by Crippen LogP contribution is 2.37. The summed E-state index contributed by atoms with van der Waals surface area (Å²) in [6, 6.07) is 20.2. The van der Waals surface area contributed by atoms with Crippen LogP contribution in [0.2, 0.25) is 0 Å². The monoisotopic (exact) mass is 476 g/mol. The van der Waals surface area contributed by atoms with Gasteiger partial charge in [0.15, 0.2) is 0 Å². The molecule has 0 saturated carbocycles. The van der Waals surface area contributed by atoms with Gasteiger partial charge in [-0.15, -0.1) is 0 Å². The molecule has 3 aromatic rings. The number of amides is 1. The molecule has 2 aliphatic rings. The topological polar surface area (TPSA) is 66.9 Å². The summed E-state index contributed by atoms with van der Waals surface area (Å²) in [6.07, 6.45) is 3.54. The van der Waals surface area contributed by atoms with Gasteiger partial charge in [-0.3, -0.25) is 9.10 Å². The molecule has 0 aromatic heterocycles. The summed E-state index contributed by atoms with van der Waals surface area (Å²) < 4.78 is 34.0. The number of anilines is 1. The van der Waals surface area contributed by atoms with Crippen molar-refractivity contribution < 1.29 is 17.9 Å². The number of rotatable bonds is 5. The fourth-order valence-electron chi connectivity index (χ4n) is 5.16. The zero-order valence-electron chi connectivity index (χ0n) is 19.4. The molecule has 3 aromatic carbocycles. The Hall–Kier alpha value is -3.32. The number of hydrogen-bond donors (Lipinski definition) is 0. The Bertz CT molecular complexity index is 1350. The van der Waals surface area contributed by atoms with E-state index in [1.165, 1.54) is 29.1 Å². The van der Waals surface area contributed by atoms with E-state index in [1.807, 2.05) is 36.4 Å². The molecule has 1 heterocycles. The Kier molecular flexibility index (Phi) is 5.81. The van der Waals surface area contributed by atoms with Gasteiger partial charge in [-0.05, 0) is 66.6 Å². The first kappa shape index (κ1) is 22.5. The molecule has 34 heavy (non-hydrogen) atoms.